The molecule has 78 valence electrons. The Balaban J connectivity index is 1.67. The fourth-order valence-corrected chi connectivity index (χ4v) is 3.46. The molecule has 1 N–H and O–H groups in total. The van der Waals surface area contributed by atoms with E-state index in [0.29, 0.717) is 24.3 Å². The number of ether oxygens (including phenoxy) is 1. The SMILES string of the molecule is CC1CSC(=NC2CC3CCC2O3)N1. The van der Waals surface area contributed by atoms with E-state index in [1.54, 1.807) is 0 Å². The molecular formula is C10H16N2OS. The maximum Gasteiger partial charge on any atom is 0.157 e. The highest BCUT2D eigenvalue weighted by molar-refractivity contribution is 8.14. The van der Waals surface area contributed by atoms with Crippen LogP contribution in [0.5, 0.6) is 0 Å². The second-order valence-corrected chi connectivity index (χ2v) is 5.48. The van der Waals surface area contributed by atoms with E-state index >= 15 is 0 Å². The van der Waals surface area contributed by atoms with Gasteiger partial charge in [-0.15, -0.1) is 0 Å². The summed E-state index contributed by atoms with van der Waals surface area (Å²) in [7, 11) is 0. The van der Waals surface area contributed by atoms with Crippen LogP contribution < -0.4 is 5.32 Å². The molecule has 4 heteroatoms. The molecule has 14 heavy (non-hydrogen) atoms. The number of rotatable bonds is 1. The van der Waals surface area contributed by atoms with Crippen LogP contribution in [0.2, 0.25) is 0 Å². The number of amidine groups is 1. The predicted octanol–water partition coefficient (Wildman–Crippen LogP) is 1.39. The summed E-state index contributed by atoms with van der Waals surface area (Å²) in [4.78, 5) is 4.75. The molecule has 3 aliphatic heterocycles. The van der Waals surface area contributed by atoms with E-state index in [1.807, 2.05) is 11.8 Å². The summed E-state index contributed by atoms with van der Waals surface area (Å²) in [6, 6.07) is 1.02. The summed E-state index contributed by atoms with van der Waals surface area (Å²) >= 11 is 1.85. The highest BCUT2D eigenvalue weighted by atomic mass is 32.2. The minimum Gasteiger partial charge on any atom is -0.373 e. The normalized spacial score (nSPS) is 48.8. The lowest BCUT2D eigenvalue weighted by molar-refractivity contribution is 0.101. The largest absolute Gasteiger partial charge is 0.373 e. The smallest absolute Gasteiger partial charge is 0.157 e. The van der Waals surface area contributed by atoms with Gasteiger partial charge in [0.05, 0.1) is 18.2 Å². The molecule has 3 nitrogen and oxygen atoms in total. The van der Waals surface area contributed by atoms with Crippen molar-refractivity contribution in [3.63, 3.8) is 0 Å². The first-order valence-electron chi connectivity index (χ1n) is 5.44. The van der Waals surface area contributed by atoms with Gasteiger partial charge in [0.1, 0.15) is 0 Å². The van der Waals surface area contributed by atoms with Crippen molar-refractivity contribution in [2.75, 3.05) is 5.75 Å². The third kappa shape index (κ3) is 1.54. The second kappa shape index (κ2) is 3.42. The van der Waals surface area contributed by atoms with Crippen molar-refractivity contribution in [1.82, 2.24) is 5.32 Å². The lowest BCUT2D eigenvalue weighted by Gasteiger charge is -2.14. The minimum atomic E-state index is 0.422. The van der Waals surface area contributed by atoms with E-state index in [0.717, 1.165) is 17.3 Å². The zero-order chi connectivity index (χ0) is 9.54. The Morgan fingerprint density at radius 2 is 2.43 bits per heavy atom. The van der Waals surface area contributed by atoms with E-state index < -0.39 is 0 Å². The third-order valence-electron chi connectivity index (χ3n) is 3.20. The van der Waals surface area contributed by atoms with E-state index in [2.05, 4.69) is 12.2 Å². The Morgan fingerprint density at radius 3 is 3.00 bits per heavy atom. The first kappa shape index (κ1) is 9.04. The topological polar surface area (TPSA) is 33.6 Å². The Bertz CT molecular complexity index is 269. The molecule has 3 saturated heterocycles. The summed E-state index contributed by atoms with van der Waals surface area (Å²) in [5.41, 5.74) is 0. The molecule has 3 aliphatic rings. The number of aliphatic imine (C=N–C) groups is 1. The molecule has 3 heterocycles. The highest BCUT2D eigenvalue weighted by Crippen LogP contribution is 2.36. The Kier molecular flexibility index (Phi) is 2.21. The van der Waals surface area contributed by atoms with Gasteiger partial charge in [0.15, 0.2) is 5.17 Å². The maximum absolute atomic E-state index is 5.78. The zero-order valence-electron chi connectivity index (χ0n) is 8.40. The molecular weight excluding hydrogens is 196 g/mol. The molecule has 0 aromatic rings. The van der Waals surface area contributed by atoms with Gasteiger partial charge in [0.2, 0.25) is 0 Å². The van der Waals surface area contributed by atoms with Crippen molar-refractivity contribution < 1.29 is 4.74 Å². The van der Waals surface area contributed by atoms with Gasteiger partial charge in [-0.25, -0.2) is 0 Å². The van der Waals surface area contributed by atoms with Crippen molar-refractivity contribution in [3.8, 4) is 0 Å². The van der Waals surface area contributed by atoms with Crippen LogP contribution in [-0.4, -0.2) is 35.2 Å². The van der Waals surface area contributed by atoms with Crippen LogP contribution in [0.15, 0.2) is 4.99 Å². The van der Waals surface area contributed by atoms with Crippen LogP contribution in [0.25, 0.3) is 0 Å². The molecule has 4 unspecified atom stereocenters. The Hall–Kier alpha value is -0.220. The van der Waals surface area contributed by atoms with Crippen LogP contribution in [-0.2, 0) is 4.74 Å². The quantitative estimate of drug-likeness (QED) is 0.713. The standard InChI is InChI=1S/C10H16N2OS/c1-6-5-14-10(11-6)12-8-4-7-2-3-9(8)13-7/h6-9H,2-5H2,1H3,(H,11,12). The number of nitrogens with one attached hydrogen (secondary N) is 1. The van der Waals surface area contributed by atoms with E-state index in [1.165, 1.54) is 12.8 Å². The minimum absolute atomic E-state index is 0.422. The molecule has 0 spiro atoms. The monoisotopic (exact) mass is 212 g/mol. The molecule has 4 atom stereocenters. The predicted molar refractivity (Wildman–Crippen MR) is 58.8 cm³/mol. The number of hydrogen-bond donors (Lipinski definition) is 1. The van der Waals surface area contributed by atoms with Gasteiger partial charge in [0.25, 0.3) is 0 Å². The van der Waals surface area contributed by atoms with Gasteiger partial charge in [-0.05, 0) is 26.2 Å². The first-order valence-corrected chi connectivity index (χ1v) is 6.42. The Labute approximate surface area is 88.7 Å². The van der Waals surface area contributed by atoms with Gasteiger partial charge in [0, 0.05) is 11.8 Å². The lowest BCUT2D eigenvalue weighted by atomic mass is 9.96. The molecule has 0 aromatic heterocycles. The van der Waals surface area contributed by atoms with Crippen molar-refractivity contribution in [1.29, 1.82) is 0 Å². The van der Waals surface area contributed by atoms with Crippen molar-refractivity contribution in [2.24, 2.45) is 4.99 Å². The second-order valence-electron chi connectivity index (χ2n) is 4.47. The van der Waals surface area contributed by atoms with Crippen molar-refractivity contribution in [2.45, 2.75) is 50.5 Å². The van der Waals surface area contributed by atoms with E-state index in [9.17, 15) is 0 Å². The molecule has 3 rings (SSSR count). The van der Waals surface area contributed by atoms with Gasteiger partial charge < -0.3 is 10.1 Å². The van der Waals surface area contributed by atoms with Crippen molar-refractivity contribution in [3.05, 3.63) is 0 Å². The number of hydrogen-bond acceptors (Lipinski definition) is 3. The van der Waals surface area contributed by atoms with Crippen LogP contribution >= 0.6 is 11.8 Å². The molecule has 0 aliphatic carbocycles. The summed E-state index contributed by atoms with van der Waals surface area (Å²) in [6.45, 7) is 2.20. The summed E-state index contributed by atoms with van der Waals surface area (Å²) in [5, 5.41) is 4.54. The van der Waals surface area contributed by atoms with Crippen LogP contribution in [0.1, 0.15) is 26.2 Å². The van der Waals surface area contributed by atoms with Crippen LogP contribution in [0.4, 0.5) is 0 Å². The molecule has 3 fully saturated rings. The molecule has 0 saturated carbocycles. The van der Waals surface area contributed by atoms with E-state index in [4.69, 9.17) is 9.73 Å². The van der Waals surface area contributed by atoms with Gasteiger partial charge >= 0.3 is 0 Å². The Morgan fingerprint density at radius 1 is 1.50 bits per heavy atom. The molecule has 0 aromatic carbocycles. The van der Waals surface area contributed by atoms with Gasteiger partial charge in [-0.1, -0.05) is 11.8 Å². The van der Waals surface area contributed by atoms with Crippen LogP contribution in [0.3, 0.4) is 0 Å². The fourth-order valence-electron chi connectivity index (χ4n) is 2.47. The van der Waals surface area contributed by atoms with Crippen molar-refractivity contribution >= 4 is 16.9 Å². The fraction of sp³-hybridized carbons (Fsp3) is 0.900. The molecule has 2 bridgehead atoms. The van der Waals surface area contributed by atoms with E-state index in [-0.39, 0.29) is 0 Å². The van der Waals surface area contributed by atoms with Crippen LogP contribution in [0, 0.1) is 0 Å². The average molecular weight is 212 g/mol. The third-order valence-corrected chi connectivity index (χ3v) is 4.36. The summed E-state index contributed by atoms with van der Waals surface area (Å²) in [5.74, 6) is 1.15. The van der Waals surface area contributed by atoms with Gasteiger partial charge in [-0.3, -0.25) is 4.99 Å². The average Bonchev–Trinajstić information content (AvgIpc) is 2.82. The summed E-state index contributed by atoms with van der Waals surface area (Å²) in [6.07, 6.45) is 4.55. The lowest BCUT2D eigenvalue weighted by Crippen LogP contribution is -2.27. The highest BCUT2D eigenvalue weighted by Gasteiger charge is 2.41. The number of nitrogens with zero attached hydrogens (tertiary/aromatic N) is 1. The number of thioether (sulfide) groups is 1. The molecule has 0 amide bonds. The van der Waals surface area contributed by atoms with Gasteiger partial charge in [-0.2, -0.15) is 0 Å². The maximum atomic E-state index is 5.78. The molecule has 0 radical (unpaired) electrons. The zero-order valence-corrected chi connectivity index (χ0v) is 9.22. The number of fused-ring (bicyclic) bond motifs is 2. The summed E-state index contributed by atoms with van der Waals surface area (Å²) < 4.78 is 5.78. The first-order chi connectivity index (χ1) is 6.81.